The van der Waals surface area contributed by atoms with Crippen LogP contribution in [0.2, 0.25) is 0 Å². The normalized spacial score (nSPS) is 27.1. The number of rotatable bonds is 5. The summed E-state index contributed by atoms with van der Waals surface area (Å²) in [6.45, 7) is 3.10. The van der Waals surface area contributed by atoms with Crippen LogP contribution in [0.25, 0.3) is 0 Å². The van der Waals surface area contributed by atoms with Crippen LogP contribution in [0.4, 0.5) is 5.69 Å². The zero-order valence-electron chi connectivity index (χ0n) is 13.0. The van der Waals surface area contributed by atoms with Crippen LogP contribution >= 0.6 is 11.8 Å². The molecule has 1 aromatic carbocycles. The monoisotopic (exact) mass is 319 g/mol. The first-order chi connectivity index (χ1) is 10.6. The second-order valence-corrected chi connectivity index (χ2v) is 7.09. The highest BCUT2D eigenvalue weighted by atomic mass is 32.2. The van der Waals surface area contributed by atoms with Crippen LogP contribution in [-0.4, -0.2) is 31.3 Å². The third-order valence-electron chi connectivity index (χ3n) is 4.56. The van der Waals surface area contributed by atoms with E-state index < -0.39 is 0 Å². The largest absolute Gasteiger partial charge is 0.465 e. The van der Waals surface area contributed by atoms with Crippen molar-refractivity contribution in [1.29, 1.82) is 0 Å². The third-order valence-corrected chi connectivity index (χ3v) is 5.30. The lowest BCUT2D eigenvalue weighted by molar-refractivity contribution is -0.148. The van der Waals surface area contributed by atoms with Gasteiger partial charge in [0.05, 0.1) is 12.5 Å². The third kappa shape index (κ3) is 3.29. The summed E-state index contributed by atoms with van der Waals surface area (Å²) < 4.78 is 5.37. The second kappa shape index (κ2) is 6.32. The van der Waals surface area contributed by atoms with Crippen LogP contribution in [0.1, 0.15) is 19.8 Å². The highest BCUT2D eigenvalue weighted by molar-refractivity contribution is 7.98. The molecule has 1 saturated carbocycles. The van der Waals surface area contributed by atoms with Gasteiger partial charge in [-0.2, -0.15) is 0 Å². The minimum atomic E-state index is -0.332. The molecule has 1 heterocycles. The Kier molecular flexibility index (Phi) is 4.43. The van der Waals surface area contributed by atoms with E-state index >= 15 is 0 Å². The maximum Gasteiger partial charge on any atom is 0.311 e. The number of amides is 1. The number of nitrogens with zero attached hydrogens (tertiary/aromatic N) is 1. The molecule has 22 heavy (non-hydrogen) atoms. The van der Waals surface area contributed by atoms with Crippen LogP contribution < -0.4 is 4.90 Å². The van der Waals surface area contributed by atoms with Crippen LogP contribution in [-0.2, 0) is 14.3 Å². The molecule has 4 nitrogen and oxygen atoms in total. The molecule has 1 saturated heterocycles. The number of benzene rings is 1. The Bertz CT molecular complexity index is 572. The molecule has 0 N–H and O–H groups in total. The van der Waals surface area contributed by atoms with Gasteiger partial charge >= 0.3 is 5.97 Å². The quantitative estimate of drug-likeness (QED) is 0.618. The minimum absolute atomic E-state index is 0.00126. The number of hydrogen-bond donors (Lipinski definition) is 0. The summed E-state index contributed by atoms with van der Waals surface area (Å²) >= 11 is 1.66. The summed E-state index contributed by atoms with van der Waals surface area (Å²) in [5, 5.41) is 0. The first-order valence-electron chi connectivity index (χ1n) is 7.69. The predicted octanol–water partition coefficient (Wildman–Crippen LogP) is 2.96. The lowest BCUT2D eigenvalue weighted by atomic mass is 10.1. The number of thioether (sulfide) groups is 1. The summed E-state index contributed by atoms with van der Waals surface area (Å²) in [5.74, 6) is 0.636. The van der Waals surface area contributed by atoms with Crippen molar-refractivity contribution in [3.8, 4) is 0 Å². The zero-order valence-corrected chi connectivity index (χ0v) is 13.8. The van der Waals surface area contributed by atoms with E-state index in [2.05, 4.69) is 6.92 Å². The van der Waals surface area contributed by atoms with Crippen molar-refractivity contribution in [2.45, 2.75) is 24.7 Å². The van der Waals surface area contributed by atoms with Crippen molar-refractivity contribution >= 4 is 29.3 Å². The molecule has 0 spiro atoms. The van der Waals surface area contributed by atoms with E-state index in [0.717, 1.165) is 17.0 Å². The van der Waals surface area contributed by atoms with E-state index in [9.17, 15) is 9.59 Å². The average molecular weight is 319 g/mol. The topological polar surface area (TPSA) is 46.6 Å². The summed E-state index contributed by atoms with van der Waals surface area (Å²) in [6, 6.07) is 7.85. The summed E-state index contributed by atoms with van der Waals surface area (Å²) in [7, 11) is 0. The van der Waals surface area contributed by atoms with Gasteiger partial charge in [0.25, 0.3) is 0 Å². The zero-order chi connectivity index (χ0) is 15.7. The Morgan fingerprint density at radius 3 is 2.64 bits per heavy atom. The van der Waals surface area contributed by atoms with Crippen molar-refractivity contribution in [3.05, 3.63) is 24.3 Å². The standard InChI is InChI=1S/C17H21NO3S/c1-11-7-13(11)10-21-17(20)12-8-16(19)18(9-12)14-3-5-15(22-2)6-4-14/h3-6,11-13H,7-10H2,1-2H3. The second-order valence-electron chi connectivity index (χ2n) is 6.21. The van der Waals surface area contributed by atoms with Gasteiger partial charge in [-0.1, -0.05) is 6.92 Å². The molecule has 2 aliphatic rings. The number of carbonyl (C=O) groups excluding carboxylic acids is 2. The Morgan fingerprint density at radius 2 is 2.05 bits per heavy atom. The summed E-state index contributed by atoms with van der Waals surface area (Å²) in [5.41, 5.74) is 0.855. The van der Waals surface area contributed by atoms with Gasteiger partial charge in [-0.15, -0.1) is 11.8 Å². The molecule has 5 heteroatoms. The lowest BCUT2D eigenvalue weighted by Crippen LogP contribution is -2.26. The highest BCUT2D eigenvalue weighted by Gasteiger charge is 2.38. The predicted molar refractivity (Wildman–Crippen MR) is 86.9 cm³/mol. The van der Waals surface area contributed by atoms with Crippen LogP contribution in [0.5, 0.6) is 0 Å². The Labute approximate surface area is 135 Å². The molecule has 1 aromatic rings. The molecule has 1 amide bonds. The highest BCUT2D eigenvalue weighted by Crippen LogP contribution is 2.38. The summed E-state index contributed by atoms with van der Waals surface area (Å²) in [4.78, 5) is 27.1. The van der Waals surface area contributed by atoms with Crippen molar-refractivity contribution in [2.24, 2.45) is 17.8 Å². The van der Waals surface area contributed by atoms with Gasteiger partial charge in [-0.3, -0.25) is 9.59 Å². The molecule has 0 bridgehead atoms. The van der Waals surface area contributed by atoms with E-state index in [1.165, 1.54) is 0 Å². The first kappa shape index (κ1) is 15.4. The SMILES string of the molecule is CSc1ccc(N2CC(C(=O)OCC3CC3C)CC2=O)cc1. The Morgan fingerprint density at radius 1 is 1.36 bits per heavy atom. The molecule has 3 unspecified atom stereocenters. The van der Waals surface area contributed by atoms with Gasteiger partial charge in [0.15, 0.2) is 0 Å². The van der Waals surface area contributed by atoms with E-state index in [0.29, 0.717) is 25.0 Å². The van der Waals surface area contributed by atoms with E-state index in [1.807, 2.05) is 30.5 Å². The van der Waals surface area contributed by atoms with Crippen molar-refractivity contribution in [2.75, 3.05) is 24.3 Å². The fourth-order valence-electron chi connectivity index (χ4n) is 2.82. The van der Waals surface area contributed by atoms with E-state index in [1.54, 1.807) is 16.7 Å². The van der Waals surface area contributed by atoms with Gasteiger partial charge in [0.1, 0.15) is 0 Å². The van der Waals surface area contributed by atoms with Gasteiger partial charge < -0.3 is 9.64 Å². The maximum absolute atomic E-state index is 12.2. The number of esters is 1. The average Bonchev–Trinajstić information content (AvgIpc) is 3.10. The lowest BCUT2D eigenvalue weighted by Gasteiger charge is -2.16. The number of hydrogen-bond acceptors (Lipinski definition) is 4. The van der Waals surface area contributed by atoms with Gasteiger partial charge in [-0.25, -0.2) is 0 Å². The Hall–Kier alpha value is -1.49. The van der Waals surface area contributed by atoms with Crippen LogP contribution in [0, 0.1) is 17.8 Å². The fraction of sp³-hybridized carbons (Fsp3) is 0.529. The molecule has 2 fully saturated rings. The molecular weight excluding hydrogens is 298 g/mol. The smallest absolute Gasteiger partial charge is 0.311 e. The number of ether oxygens (including phenoxy) is 1. The number of carbonyl (C=O) groups is 2. The van der Waals surface area contributed by atoms with Crippen LogP contribution in [0.15, 0.2) is 29.2 Å². The van der Waals surface area contributed by atoms with Gasteiger partial charge in [0, 0.05) is 23.5 Å². The number of anilines is 1. The van der Waals surface area contributed by atoms with Crippen molar-refractivity contribution in [3.63, 3.8) is 0 Å². The summed E-state index contributed by atoms with van der Waals surface area (Å²) in [6.07, 6.45) is 3.41. The maximum atomic E-state index is 12.2. The van der Waals surface area contributed by atoms with Crippen LogP contribution in [0.3, 0.4) is 0 Å². The fourth-order valence-corrected chi connectivity index (χ4v) is 3.22. The molecule has 118 valence electrons. The molecule has 1 aliphatic heterocycles. The van der Waals surface area contributed by atoms with E-state index in [-0.39, 0.29) is 24.2 Å². The van der Waals surface area contributed by atoms with Crippen molar-refractivity contribution < 1.29 is 14.3 Å². The first-order valence-corrected chi connectivity index (χ1v) is 8.92. The van der Waals surface area contributed by atoms with Crippen molar-refractivity contribution in [1.82, 2.24) is 0 Å². The van der Waals surface area contributed by atoms with Gasteiger partial charge in [-0.05, 0) is 48.8 Å². The minimum Gasteiger partial charge on any atom is -0.465 e. The molecule has 0 radical (unpaired) electrons. The Balaban J connectivity index is 1.58. The van der Waals surface area contributed by atoms with Gasteiger partial charge in [0.2, 0.25) is 5.91 Å². The molecule has 3 atom stereocenters. The molecule has 0 aromatic heterocycles. The van der Waals surface area contributed by atoms with E-state index in [4.69, 9.17) is 4.74 Å². The molecular formula is C17H21NO3S. The molecule has 1 aliphatic carbocycles. The molecule has 3 rings (SSSR count).